The van der Waals surface area contributed by atoms with Crippen LogP contribution in [0.3, 0.4) is 0 Å². The Kier molecular flexibility index (Phi) is 6.41. The SMILES string of the molecule is COc1ccccc1Oc1ccc(CNC(=O)CCc2ccccn2)cc1. The molecule has 1 aromatic heterocycles. The number of hydrogen-bond donors (Lipinski definition) is 1. The number of hydrogen-bond acceptors (Lipinski definition) is 4. The topological polar surface area (TPSA) is 60.5 Å². The molecule has 3 rings (SSSR count). The molecule has 0 aliphatic rings. The summed E-state index contributed by atoms with van der Waals surface area (Å²) < 4.78 is 11.1. The smallest absolute Gasteiger partial charge is 0.220 e. The molecule has 2 aromatic carbocycles. The molecule has 138 valence electrons. The van der Waals surface area contributed by atoms with Gasteiger partial charge in [0.1, 0.15) is 5.75 Å². The fourth-order valence-corrected chi connectivity index (χ4v) is 2.58. The van der Waals surface area contributed by atoms with Crippen molar-refractivity contribution >= 4 is 5.91 Å². The molecule has 0 aliphatic carbocycles. The quantitative estimate of drug-likeness (QED) is 0.654. The normalized spacial score (nSPS) is 10.3. The summed E-state index contributed by atoms with van der Waals surface area (Å²) in [6, 6.07) is 20.8. The molecule has 0 aliphatic heterocycles. The van der Waals surface area contributed by atoms with E-state index < -0.39 is 0 Å². The zero-order valence-electron chi connectivity index (χ0n) is 15.2. The Bertz CT molecular complexity index is 864. The lowest BCUT2D eigenvalue weighted by molar-refractivity contribution is -0.121. The van der Waals surface area contributed by atoms with Crippen molar-refractivity contribution < 1.29 is 14.3 Å². The number of carbonyl (C=O) groups excluding carboxylic acids is 1. The lowest BCUT2D eigenvalue weighted by Crippen LogP contribution is -2.23. The number of methoxy groups -OCH3 is 1. The highest BCUT2D eigenvalue weighted by Gasteiger charge is 2.06. The Morgan fingerprint density at radius 1 is 0.963 bits per heavy atom. The molecule has 0 saturated heterocycles. The van der Waals surface area contributed by atoms with Gasteiger partial charge >= 0.3 is 0 Å². The van der Waals surface area contributed by atoms with Gasteiger partial charge < -0.3 is 14.8 Å². The van der Waals surface area contributed by atoms with E-state index in [1.807, 2.05) is 66.7 Å². The molecule has 0 saturated carbocycles. The van der Waals surface area contributed by atoms with Gasteiger partial charge in [0.05, 0.1) is 7.11 Å². The number of ether oxygens (including phenoxy) is 2. The van der Waals surface area contributed by atoms with E-state index in [1.54, 1.807) is 13.3 Å². The summed E-state index contributed by atoms with van der Waals surface area (Å²) in [5.41, 5.74) is 1.93. The first-order chi connectivity index (χ1) is 13.2. The number of carbonyl (C=O) groups is 1. The van der Waals surface area contributed by atoms with Gasteiger partial charge in [0.2, 0.25) is 5.91 Å². The average molecular weight is 362 g/mol. The van der Waals surface area contributed by atoms with Crippen LogP contribution in [0.15, 0.2) is 72.9 Å². The highest BCUT2D eigenvalue weighted by atomic mass is 16.5. The predicted molar refractivity (Wildman–Crippen MR) is 104 cm³/mol. The Balaban J connectivity index is 1.48. The molecule has 5 nitrogen and oxygen atoms in total. The predicted octanol–water partition coefficient (Wildman–Crippen LogP) is 4.13. The summed E-state index contributed by atoms with van der Waals surface area (Å²) in [6.07, 6.45) is 2.80. The fourth-order valence-electron chi connectivity index (χ4n) is 2.58. The molecule has 0 unspecified atom stereocenters. The second-order valence-corrected chi connectivity index (χ2v) is 5.99. The summed E-state index contributed by atoms with van der Waals surface area (Å²) in [5.74, 6) is 2.07. The molecule has 0 atom stereocenters. The maximum atomic E-state index is 12.0. The van der Waals surface area contributed by atoms with Gasteiger partial charge in [0.15, 0.2) is 11.5 Å². The number of para-hydroxylation sites is 2. The monoisotopic (exact) mass is 362 g/mol. The molecule has 3 aromatic rings. The fraction of sp³-hybridized carbons (Fsp3) is 0.182. The van der Waals surface area contributed by atoms with Crippen molar-refractivity contribution in [3.8, 4) is 17.2 Å². The molecular formula is C22H22N2O3. The highest BCUT2D eigenvalue weighted by Crippen LogP contribution is 2.30. The Morgan fingerprint density at radius 2 is 1.70 bits per heavy atom. The van der Waals surface area contributed by atoms with Crippen molar-refractivity contribution in [3.05, 3.63) is 84.2 Å². The van der Waals surface area contributed by atoms with E-state index >= 15 is 0 Å². The molecule has 1 amide bonds. The summed E-state index contributed by atoms with van der Waals surface area (Å²) >= 11 is 0. The van der Waals surface area contributed by atoms with E-state index in [-0.39, 0.29) is 5.91 Å². The minimum atomic E-state index is 0.00926. The standard InChI is InChI=1S/C22H22N2O3/c1-26-20-7-2-3-8-21(20)27-19-12-9-17(10-13-19)16-24-22(25)14-11-18-6-4-5-15-23-18/h2-10,12-13,15H,11,14,16H2,1H3,(H,24,25). The van der Waals surface area contributed by atoms with Crippen LogP contribution in [-0.4, -0.2) is 18.0 Å². The first-order valence-electron chi connectivity index (χ1n) is 8.81. The Hall–Kier alpha value is -3.34. The molecule has 27 heavy (non-hydrogen) atoms. The molecule has 1 N–H and O–H groups in total. The van der Waals surface area contributed by atoms with E-state index in [4.69, 9.17) is 9.47 Å². The summed E-state index contributed by atoms with van der Waals surface area (Å²) in [6.45, 7) is 0.482. The number of nitrogens with zero attached hydrogens (tertiary/aromatic N) is 1. The molecular weight excluding hydrogens is 340 g/mol. The van der Waals surface area contributed by atoms with Crippen molar-refractivity contribution in [1.29, 1.82) is 0 Å². The second-order valence-electron chi connectivity index (χ2n) is 5.99. The maximum absolute atomic E-state index is 12.0. The zero-order valence-corrected chi connectivity index (χ0v) is 15.2. The van der Waals surface area contributed by atoms with Crippen LogP contribution in [0.4, 0.5) is 0 Å². The van der Waals surface area contributed by atoms with Gasteiger partial charge in [-0.05, 0) is 48.4 Å². The zero-order chi connectivity index (χ0) is 18.9. The van der Waals surface area contributed by atoms with Crippen molar-refractivity contribution in [2.75, 3.05) is 7.11 Å². The van der Waals surface area contributed by atoms with Crippen LogP contribution in [0.25, 0.3) is 0 Å². The number of nitrogens with one attached hydrogen (secondary N) is 1. The van der Waals surface area contributed by atoms with Crippen molar-refractivity contribution in [2.45, 2.75) is 19.4 Å². The van der Waals surface area contributed by atoms with Gasteiger partial charge in [-0.3, -0.25) is 9.78 Å². The number of amides is 1. The van der Waals surface area contributed by atoms with Crippen LogP contribution < -0.4 is 14.8 Å². The lowest BCUT2D eigenvalue weighted by atomic mass is 10.2. The van der Waals surface area contributed by atoms with E-state index in [0.29, 0.717) is 36.6 Å². The molecule has 1 heterocycles. The van der Waals surface area contributed by atoms with E-state index in [9.17, 15) is 4.79 Å². The lowest BCUT2D eigenvalue weighted by Gasteiger charge is -2.10. The highest BCUT2D eigenvalue weighted by molar-refractivity contribution is 5.76. The third-order valence-electron chi connectivity index (χ3n) is 4.04. The van der Waals surface area contributed by atoms with Crippen molar-refractivity contribution in [1.82, 2.24) is 10.3 Å². The third kappa shape index (κ3) is 5.57. The summed E-state index contributed by atoms with van der Waals surface area (Å²) in [4.78, 5) is 16.2. The van der Waals surface area contributed by atoms with Crippen molar-refractivity contribution in [2.24, 2.45) is 0 Å². The number of rotatable bonds is 8. The summed E-state index contributed by atoms with van der Waals surface area (Å²) in [5, 5.41) is 2.93. The van der Waals surface area contributed by atoms with E-state index in [1.165, 1.54) is 0 Å². The molecule has 5 heteroatoms. The molecule has 0 spiro atoms. The first kappa shape index (κ1) is 18.5. The minimum absolute atomic E-state index is 0.00926. The number of aromatic nitrogens is 1. The Labute approximate surface area is 159 Å². The number of aryl methyl sites for hydroxylation is 1. The van der Waals surface area contributed by atoms with E-state index in [0.717, 1.165) is 11.3 Å². The summed E-state index contributed by atoms with van der Waals surface area (Å²) in [7, 11) is 1.61. The van der Waals surface area contributed by atoms with Crippen molar-refractivity contribution in [3.63, 3.8) is 0 Å². The maximum Gasteiger partial charge on any atom is 0.220 e. The van der Waals surface area contributed by atoms with E-state index in [2.05, 4.69) is 10.3 Å². The van der Waals surface area contributed by atoms with Crippen LogP contribution in [0.1, 0.15) is 17.7 Å². The average Bonchev–Trinajstić information content (AvgIpc) is 2.73. The second kappa shape index (κ2) is 9.38. The largest absolute Gasteiger partial charge is 0.493 e. The van der Waals surface area contributed by atoms with Gasteiger partial charge in [0, 0.05) is 24.9 Å². The third-order valence-corrected chi connectivity index (χ3v) is 4.04. The van der Waals surface area contributed by atoms with Gasteiger partial charge in [-0.15, -0.1) is 0 Å². The number of pyridine rings is 1. The van der Waals surface area contributed by atoms with Crippen LogP contribution >= 0.6 is 0 Å². The minimum Gasteiger partial charge on any atom is -0.493 e. The molecule has 0 radical (unpaired) electrons. The molecule has 0 fully saturated rings. The molecule has 0 bridgehead atoms. The van der Waals surface area contributed by atoms with Crippen LogP contribution in [0, 0.1) is 0 Å². The number of benzene rings is 2. The van der Waals surface area contributed by atoms with Crippen LogP contribution in [-0.2, 0) is 17.8 Å². The van der Waals surface area contributed by atoms with Gasteiger partial charge in [-0.1, -0.05) is 30.3 Å². The first-order valence-corrected chi connectivity index (χ1v) is 8.81. The Morgan fingerprint density at radius 3 is 2.41 bits per heavy atom. The van der Waals surface area contributed by atoms with Crippen LogP contribution in [0.2, 0.25) is 0 Å². The van der Waals surface area contributed by atoms with Gasteiger partial charge in [0.25, 0.3) is 0 Å². The van der Waals surface area contributed by atoms with Crippen LogP contribution in [0.5, 0.6) is 17.2 Å². The van der Waals surface area contributed by atoms with Gasteiger partial charge in [-0.2, -0.15) is 0 Å². The van der Waals surface area contributed by atoms with Gasteiger partial charge in [-0.25, -0.2) is 0 Å².